The van der Waals surface area contributed by atoms with E-state index < -0.39 is 56.3 Å². The Kier molecular flexibility index (Phi) is 5.52. The van der Waals surface area contributed by atoms with Crippen molar-refractivity contribution in [1.82, 2.24) is 4.72 Å². The van der Waals surface area contributed by atoms with Gasteiger partial charge in [0, 0.05) is 6.54 Å². The molecule has 26 heavy (non-hydrogen) atoms. The van der Waals surface area contributed by atoms with Gasteiger partial charge in [-0.1, -0.05) is 12.1 Å². The molecule has 0 aliphatic carbocycles. The number of ether oxygens (including phenoxy) is 1. The van der Waals surface area contributed by atoms with Crippen molar-refractivity contribution in [3.05, 3.63) is 58.7 Å². The number of rotatable bonds is 6. The van der Waals surface area contributed by atoms with E-state index in [1.807, 2.05) is 4.72 Å². The number of carboxylic acid groups (broad SMARTS) is 1. The fourth-order valence-corrected chi connectivity index (χ4v) is 3.32. The van der Waals surface area contributed by atoms with Crippen LogP contribution < -0.4 is 9.46 Å². The average molecular weight is 393 g/mol. The molecule has 0 spiro atoms. The highest BCUT2D eigenvalue weighted by molar-refractivity contribution is 7.89. The van der Waals surface area contributed by atoms with Gasteiger partial charge in [-0.05, 0) is 17.7 Å². The van der Waals surface area contributed by atoms with Gasteiger partial charge in [0.05, 0.1) is 7.11 Å². The minimum absolute atomic E-state index is 0.356. The number of methoxy groups -OCH3 is 1. The zero-order valence-electron chi connectivity index (χ0n) is 13.0. The van der Waals surface area contributed by atoms with Gasteiger partial charge in [0.1, 0.15) is 16.2 Å². The summed E-state index contributed by atoms with van der Waals surface area (Å²) in [5, 5.41) is 8.89. The van der Waals surface area contributed by atoms with Crippen LogP contribution in [0, 0.1) is 23.3 Å². The smallest absolute Gasteiger partial charge is 0.340 e. The summed E-state index contributed by atoms with van der Waals surface area (Å²) in [6.45, 7) is -0.453. The Labute approximate surface area is 145 Å². The van der Waals surface area contributed by atoms with Crippen molar-refractivity contribution in [3.63, 3.8) is 0 Å². The van der Waals surface area contributed by atoms with Crippen molar-refractivity contribution in [2.45, 2.75) is 11.4 Å². The number of halogens is 4. The molecule has 0 heterocycles. The zero-order chi connectivity index (χ0) is 19.6. The topological polar surface area (TPSA) is 92.7 Å². The average Bonchev–Trinajstić information content (AvgIpc) is 2.61. The minimum atomic E-state index is -5.03. The molecule has 0 bridgehead atoms. The van der Waals surface area contributed by atoms with Crippen LogP contribution in [-0.2, 0) is 16.6 Å². The maximum atomic E-state index is 13.9. The normalized spacial score (nSPS) is 11.4. The number of benzene rings is 2. The van der Waals surface area contributed by atoms with E-state index >= 15 is 0 Å². The highest BCUT2D eigenvalue weighted by Crippen LogP contribution is 2.28. The molecule has 2 N–H and O–H groups in total. The van der Waals surface area contributed by atoms with Gasteiger partial charge in [-0.2, -0.15) is 0 Å². The molecule has 0 fully saturated rings. The lowest BCUT2D eigenvalue weighted by Crippen LogP contribution is -2.28. The first-order chi connectivity index (χ1) is 12.1. The van der Waals surface area contributed by atoms with Crippen LogP contribution in [0.25, 0.3) is 0 Å². The van der Waals surface area contributed by atoms with Crippen LogP contribution in [0.15, 0.2) is 29.2 Å². The van der Waals surface area contributed by atoms with Gasteiger partial charge in [-0.3, -0.25) is 0 Å². The van der Waals surface area contributed by atoms with Crippen molar-refractivity contribution >= 4 is 16.0 Å². The zero-order valence-corrected chi connectivity index (χ0v) is 13.8. The second-order valence-electron chi connectivity index (χ2n) is 4.94. The molecule has 2 rings (SSSR count). The maximum Gasteiger partial charge on any atom is 0.340 e. The van der Waals surface area contributed by atoms with E-state index in [0.717, 1.165) is 0 Å². The van der Waals surface area contributed by atoms with Gasteiger partial charge in [-0.25, -0.2) is 35.5 Å². The molecule has 11 heteroatoms. The number of aromatic carboxylic acids is 1. The van der Waals surface area contributed by atoms with Crippen molar-refractivity contribution in [2.75, 3.05) is 7.11 Å². The summed E-state index contributed by atoms with van der Waals surface area (Å²) >= 11 is 0. The van der Waals surface area contributed by atoms with E-state index in [4.69, 9.17) is 9.84 Å². The SMILES string of the molecule is COc1ccc(CNS(=O)(=O)c2c(F)c(F)c(F)c(F)c2C(=O)O)cc1. The van der Waals surface area contributed by atoms with Gasteiger partial charge >= 0.3 is 5.97 Å². The van der Waals surface area contributed by atoms with Crippen LogP contribution in [0.1, 0.15) is 15.9 Å². The molecule has 0 amide bonds. The Bertz CT molecular complexity index is 961. The number of nitrogens with one attached hydrogen (secondary N) is 1. The van der Waals surface area contributed by atoms with Crippen molar-refractivity contribution in [3.8, 4) is 5.75 Å². The summed E-state index contributed by atoms with van der Waals surface area (Å²) in [7, 11) is -3.62. The molecular weight excluding hydrogens is 382 g/mol. The van der Waals surface area contributed by atoms with Gasteiger partial charge < -0.3 is 9.84 Å². The molecule has 0 aliphatic rings. The molecule has 0 aromatic heterocycles. The highest BCUT2D eigenvalue weighted by Gasteiger charge is 2.35. The summed E-state index contributed by atoms with van der Waals surface area (Å²) in [5.74, 6) is -11.3. The Balaban J connectivity index is 2.46. The standard InChI is InChI=1S/C15H11F4NO5S/c1-25-8-4-2-7(3-5-8)6-20-26(23,24)14-9(15(21)22)10(16)11(17)12(18)13(14)19/h2-5,20H,6H2,1H3,(H,21,22). The number of hydrogen-bond donors (Lipinski definition) is 2. The lowest BCUT2D eigenvalue weighted by atomic mass is 10.2. The van der Waals surface area contributed by atoms with E-state index in [0.29, 0.717) is 11.3 Å². The van der Waals surface area contributed by atoms with E-state index in [1.54, 1.807) is 0 Å². The van der Waals surface area contributed by atoms with Crippen LogP contribution in [0.5, 0.6) is 5.75 Å². The van der Waals surface area contributed by atoms with Gasteiger partial charge in [-0.15, -0.1) is 0 Å². The molecule has 6 nitrogen and oxygen atoms in total. The maximum absolute atomic E-state index is 13.9. The van der Waals surface area contributed by atoms with E-state index in [2.05, 4.69) is 0 Å². The van der Waals surface area contributed by atoms with Crippen LogP contribution in [0.4, 0.5) is 17.6 Å². The predicted molar refractivity (Wildman–Crippen MR) is 80.3 cm³/mol. The quantitative estimate of drug-likeness (QED) is 0.447. The molecule has 0 radical (unpaired) electrons. The molecule has 0 saturated carbocycles. The molecule has 0 atom stereocenters. The molecule has 2 aromatic carbocycles. The highest BCUT2D eigenvalue weighted by atomic mass is 32.2. The first-order valence-corrected chi connectivity index (χ1v) is 8.30. The number of carbonyl (C=O) groups is 1. The van der Waals surface area contributed by atoms with Crippen molar-refractivity contribution < 1.29 is 40.6 Å². The third kappa shape index (κ3) is 3.63. The summed E-state index contributed by atoms with van der Waals surface area (Å²) < 4.78 is 85.3. The van der Waals surface area contributed by atoms with Crippen LogP contribution in [-0.4, -0.2) is 26.6 Å². The van der Waals surface area contributed by atoms with Crippen LogP contribution in [0.3, 0.4) is 0 Å². The number of hydrogen-bond acceptors (Lipinski definition) is 4. The lowest BCUT2D eigenvalue weighted by Gasteiger charge is -2.12. The molecule has 0 aliphatic heterocycles. The van der Waals surface area contributed by atoms with Gasteiger partial charge in [0.15, 0.2) is 23.3 Å². The van der Waals surface area contributed by atoms with E-state index in [-0.39, 0.29) is 0 Å². The number of sulfonamides is 1. The summed E-state index contributed by atoms with van der Waals surface area (Å²) in [6.07, 6.45) is 0. The Morgan fingerprint density at radius 1 is 1.04 bits per heavy atom. The molecule has 2 aromatic rings. The Morgan fingerprint density at radius 3 is 2.08 bits per heavy atom. The third-order valence-corrected chi connectivity index (χ3v) is 4.78. The van der Waals surface area contributed by atoms with E-state index in [9.17, 15) is 30.8 Å². The summed E-state index contributed by atoms with van der Waals surface area (Å²) in [4.78, 5) is 9.22. The first kappa shape index (κ1) is 19.7. The fraction of sp³-hybridized carbons (Fsp3) is 0.133. The van der Waals surface area contributed by atoms with Crippen LogP contribution in [0.2, 0.25) is 0 Å². The van der Waals surface area contributed by atoms with E-state index in [1.165, 1.54) is 31.4 Å². The third-order valence-electron chi connectivity index (χ3n) is 3.33. The molecule has 140 valence electrons. The first-order valence-electron chi connectivity index (χ1n) is 6.82. The molecule has 0 saturated heterocycles. The summed E-state index contributed by atoms with van der Waals surface area (Å²) in [5.41, 5.74) is -1.47. The second kappa shape index (κ2) is 7.30. The van der Waals surface area contributed by atoms with Gasteiger partial charge in [0.2, 0.25) is 10.0 Å². The predicted octanol–water partition coefficient (Wildman–Crippen LogP) is 2.43. The Morgan fingerprint density at radius 2 is 1.58 bits per heavy atom. The second-order valence-corrected chi connectivity index (χ2v) is 6.64. The van der Waals surface area contributed by atoms with Crippen molar-refractivity contribution in [1.29, 1.82) is 0 Å². The monoisotopic (exact) mass is 393 g/mol. The summed E-state index contributed by atoms with van der Waals surface area (Å²) in [6, 6.07) is 5.87. The Hall–Kier alpha value is -2.66. The lowest BCUT2D eigenvalue weighted by molar-refractivity contribution is 0.0683. The van der Waals surface area contributed by atoms with Crippen molar-refractivity contribution in [2.24, 2.45) is 0 Å². The largest absolute Gasteiger partial charge is 0.497 e. The van der Waals surface area contributed by atoms with Gasteiger partial charge in [0.25, 0.3) is 0 Å². The fourth-order valence-electron chi connectivity index (χ4n) is 2.05. The number of carboxylic acids is 1. The molecular formula is C15H11F4NO5S. The minimum Gasteiger partial charge on any atom is -0.497 e. The van der Waals surface area contributed by atoms with Crippen LogP contribution >= 0.6 is 0 Å². The molecule has 0 unspecified atom stereocenters.